The van der Waals surface area contributed by atoms with E-state index in [0.717, 1.165) is 19.3 Å². The highest BCUT2D eigenvalue weighted by Crippen LogP contribution is 2.26. The second kappa shape index (κ2) is 5.32. The Morgan fingerprint density at radius 1 is 1.37 bits per heavy atom. The molecular formula is C14H18N2O2S. The monoisotopic (exact) mass is 278 g/mol. The van der Waals surface area contributed by atoms with Crippen molar-refractivity contribution in [1.29, 1.82) is 5.26 Å². The Labute approximate surface area is 114 Å². The van der Waals surface area contributed by atoms with E-state index in [-0.39, 0.29) is 10.9 Å². The van der Waals surface area contributed by atoms with Crippen molar-refractivity contribution >= 4 is 10.0 Å². The van der Waals surface area contributed by atoms with E-state index in [1.165, 1.54) is 6.07 Å². The van der Waals surface area contributed by atoms with E-state index in [1.807, 2.05) is 6.92 Å². The highest BCUT2D eigenvalue weighted by molar-refractivity contribution is 7.89. The van der Waals surface area contributed by atoms with Gasteiger partial charge in [0.25, 0.3) is 0 Å². The molecule has 0 aromatic heterocycles. The number of sulfonamides is 1. The predicted octanol–water partition coefficient (Wildman–Crippen LogP) is 2.43. The van der Waals surface area contributed by atoms with E-state index in [2.05, 4.69) is 6.07 Å². The first-order valence-electron chi connectivity index (χ1n) is 6.49. The summed E-state index contributed by atoms with van der Waals surface area (Å²) < 4.78 is 26.8. The number of benzene rings is 1. The van der Waals surface area contributed by atoms with Crippen molar-refractivity contribution < 1.29 is 8.42 Å². The summed E-state index contributed by atoms with van der Waals surface area (Å²) in [7, 11) is -3.43. The van der Waals surface area contributed by atoms with Gasteiger partial charge in [-0.15, -0.1) is 0 Å². The van der Waals surface area contributed by atoms with Gasteiger partial charge in [0.2, 0.25) is 10.0 Å². The zero-order chi connectivity index (χ0) is 14.0. The maximum absolute atomic E-state index is 12.6. The summed E-state index contributed by atoms with van der Waals surface area (Å²) in [5, 5.41) is 8.89. The number of hydrogen-bond donors (Lipinski definition) is 0. The standard InChI is InChI=1S/C14H18N2O2S/c1-11-9-14(7-6-13(11)10-15)19(17,18)16-8-4-3-5-12(16)2/h6-7,9,12H,3-5,8H2,1-2H3. The average molecular weight is 278 g/mol. The number of nitrogens with zero attached hydrogens (tertiary/aromatic N) is 2. The zero-order valence-electron chi connectivity index (χ0n) is 11.3. The second-order valence-electron chi connectivity index (χ2n) is 5.05. The third kappa shape index (κ3) is 2.65. The van der Waals surface area contributed by atoms with Crippen LogP contribution in [0, 0.1) is 18.3 Å². The molecule has 1 fully saturated rings. The van der Waals surface area contributed by atoms with Crippen LogP contribution in [0.1, 0.15) is 37.3 Å². The van der Waals surface area contributed by atoms with Gasteiger partial charge in [-0.3, -0.25) is 0 Å². The maximum Gasteiger partial charge on any atom is 0.243 e. The first kappa shape index (κ1) is 14.0. The average Bonchev–Trinajstić information content (AvgIpc) is 2.39. The first-order chi connectivity index (χ1) is 8.96. The largest absolute Gasteiger partial charge is 0.243 e. The molecule has 1 aliphatic rings. The molecule has 0 aliphatic carbocycles. The van der Waals surface area contributed by atoms with Crippen LogP contribution in [0.2, 0.25) is 0 Å². The molecule has 19 heavy (non-hydrogen) atoms. The molecule has 4 nitrogen and oxygen atoms in total. The van der Waals surface area contributed by atoms with Crippen molar-refractivity contribution in [3.63, 3.8) is 0 Å². The van der Waals surface area contributed by atoms with Crippen LogP contribution in [-0.2, 0) is 10.0 Å². The van der Waals surface area contributed by atoms with E-state index < -0.39 is 10.0 Å². The van der Waals surface area contributed by atoms with Crippen molar-refractivity contribution in [1.82, 2.24) is 4.31 Å². The number of nitriles is 1. The molecule has 0 amide bonds. The summed E-state index contributed by atoms with van der Waals surface area (Å²) in [5.74, 6) is 0. The van der Waals surface area contributed by atoms with Gasteiger partial charge in [0, 0.05) is 12.6 Å². The van der Waals surface area contributed by atoms with Gasteiger partial charge in [-0.1, -0.05) is 6.42 Å². The van der Waals surface area contributed by atoms with E-state index >= 15 is 0 Å². The summed E-state index contributed by atoms with van der Waals surface area (Å²) >= 11 is 0. The van der Waals surface area contributed by atoms with Crippen LogP contribution in [-0.4, -0.2) is 25.3 Å². The predicted molar refractivity (Wildman–Crippen MR) is 73.1 cm³/mol. The minimum absolute atomic E-state index is 0.0506. The molecule has 0 saturated carbocycles. The van der Waals surface area contributed by atoms with Crippen molar-refractivity contribution in [2.75, 3.05) is 6.54 Å². The lowest BCUT2D eigenvalue weighted by atomic mass is 10.1. The molecular weight excluding hydrogens is 260 g/mol. The van der Waals surface area contributed by atoms with Gasteiger partial charge in [-0.05, 0) is 50.5 Å². The third-order valence-corrected chi connectivity index (χ3v) is 5.68. The fourth-order valence-corrected chi connectivity index (χ4v) is 4.27. The van der Waals surface area contributed by atoms with Crippen LogP contribution in [0.4, 0.5) is 0 Å². The summed E-state index contributed by atoms with van der Waals surface area (Å²) in [5.41, 5.74) is 1.22. The smallest absolute Gasteiger partial charge is 0.207 e. The molecule has 102 valence electrons. The quantitative estimate of drug-likeness (QED) is 0.834. The Hall–Kier alpha value is -1.38. The molecule has 1 saturated heterocycles. The minimum Gasteiger partial charge on any atom is -0.207 e. The molecule has 0 spiro atoms. The molecule has 5 heteroatoms. The Balaban J connectivity index is 2.39. The lowest BCUT2D eigenvalue weighted by molar-refractivity contribution is 0.268. The first-order valence-corrected chi connectivity index (χ1v) is 7.93. The molecule has 1 aromatic rings. The van der Waals surface area contributed by atoms with Gasteiger partial charge in [0.05, 0.1) is 16.5 Å². The summed E-state index contributed by atoms with van der Waals surface area (Å²) in [4.78, 5) is 0.290. The summed E-state index contributed by atoms with van der Waals surface area (Å²) in [6, 6.07) is 6.81. The van der Waals surface area contributed by atoms with Crippen molar-refractivity contribution in [3.05, 3.63) is 29.3 Å². The topological polar surface area (TPSA) is 61.2 Å². The highest BCUT2D eigenvalue weighted by Gasteiger charge is 2.31. The summed E-state index contributed by atoms with van der Waals surface area (Å²) in [6.07, 6.45) is 2.91. The van der Waals surface area contributed by atoms with Gasteiger partial charge < -0.3 is 0 Å². The van der Waals surface area contributed by atoms with E-state index in [9.17, 15) is 8.42 Å². The third-order valence-electron chi connectivity index (χ3n) is 3.67. The Kier molecular flexibility index (Phi) is 3.93. The zero-order valence-corrected chi connectivity index (χ0v) is 12.1. The number of hydrogen-bond acceptors (Lipinski definition) is 3. The lowest BCUT2D eigenvalue weighted by Crippen LogP contribution is -2.41. The Bertz CT molecular complexity index is 617. The van der Waals surface area contributed by atoms with Crippen LogP contribution in [0.25, 0.3) is 0 Å². The molecule has 1 aliphatic heterocycles. The molecule has 1 unspecified atom stereocenters. The van der Waals surface area contributed by atoms with Crippen molar-refractivity contribution in [2.24, 2.45) is 0 Å². The van der Waals surface area contributed by atoms with Crippen LogP contribution in [0.15, 0.2) is 23.1 Å². The van der Waals surface area contributed by atoms with Gasteiger partial charge in [-0.2, -0.15) is 9.57 Å². The fraction of sp³-hybridized carbons (Fsp3) is 0.500. The van der Waals surface area contributed by atoms with Crippen molar-refractivity contribution in [3.8, 4) is 6.07 Å². The van der Waals surface area contributed by atoms with Crippen LogP contribution in [0.3, 0.4) is 0 Å². The van der Waals surface area contributed by atoms with E-state index in [1.54, 1.807) is 23.4 Å². The Morgan fingerprint density at radius 3 is 2.68 bits per heavy atom. The molecule has 2 rings (SSSR count). The fourth-order valence-electron chi connectivity index (χ4n) is 2.49. The number of piperidine rings is 1. The summed E-state index contributed by atoms with van der Waals surface area (Å²) in [6.45, 7) is 4.30. The molecule has 1 atom stereocenters. The molecule has 0 radical (unpaired) electrons. The minimum atomic E-state index is -3.43. The van der Waals surface area contributed by atoms with Gasteiger partial charge in [0.1, 0.15) is 0 Å². The number of aryl methyl sites for hydroxylation is 1. The molecule has 1 heterocycles. The normalized spacial score (nSPS) is 21.0. The Morgan fingerprint density at radius 2 is 2.11 bits per heavy atom. The van der Waals surface area contributed by atoms with Crippen molar-refractivity contribution in [2.45, 2.75) is 44.0 Å². The van der Waals surface area contributed by atoms with Crippen LogP contribution in [0.5, 0.6) is 0 Å². The maximum atomic E-state index is 12.6. The van der Waals surface area contributed by atoms with Gasteiger partial charge >= 0.3 is 0 Å². The SMILES string of the molecule is Cc1cc(S(=O)(=O)N2CCCCC2C)ccc1C#N. The van der Waals surface area contributed by atoms with Gasteiger partial charge in [0.15, 0.2) is 0 Å². The molecule has 1 aromatic carbocycles. The number of rotatable bonds is 2. The highest BCUT2D eigenvalue weighted by atomic mass is 32.2. The van der Waals surface area contributed by atoms with Crippen LogP contribution >= 0.6 is 0 Å². The van der Waals surface area contributed by atoms with E-state index in [0.29, 0.717) is 17.7 Å². The van der Waals surface area contributed by atoms with Gasteiger partial charge in [-0.25, -0.2) is 8.42 Å². The lowest BCUT2D eigenvalue weighted by Gasteiger charge is -2.32. The molecule has 0 bridgehead atoms. The molecule has 0 N–H and O–H groups in total. The second-order valence-corrected chi connectivity index (χ2v) is 6.94. The van der Waals surface area contributed by atoms with E-state index in [4.69, 9.17) is 5.26 Å². The van der Waals surface area contributed by atoms with Crippen LogP contribution < -0.4 is 0 Å².